The molecule has 2 aromatic rings. The van der Waals surface area contributed by atoms with Gasteiger partial charge in [-0.3, -0.25) is 5.84 Å². The van der Waals surface area contributed by atoms with Gasteiger partial charge in [-0.2, -0.15) is 0 Å². The summed E-state index contributed by atoms with van der Waals surface area (Å²) in [5.41, 5.74) is 7.41. The van der Waals surface area contributed by atoms with Crippen molar-refractivity contribution in [3.63, 3.8) is 0 Å². The summed E-state index contributed by atoms with van der Waals surface area (Å²) in [4.78, 5) is 0. The lowest BCUT2D eigenvalue weighted by atomic mass is 9.96. The Kier molecular flexibility index (Phi) is 4.65. The summed E-state index contributed by atoms with van der Waals surface area (Å²) in [5, 5.41) is 0.590. The SMILES string of the molecule is COc1cc(C(NN)c2cc(C)cc(C)c2)ccc1Cl. The Morgan fingerprint density at radius 1 is 1.05 bits per heavy atom. The lowest BCUT2D eigenvalue weighted by Crippen LogP contribution is -2.29. The number of nitrogens with two attached hydrogens (primary N) is 1. The Balaban J connectivity index is 2.46. The van der Waals surface area contributed by atoms with Crippen molar-refractivity contribution < 1.29 is 4.74 Å². The second kappa shape index (κ2) is 6.27. The summed E-state index contributed by atoms with van der Waals surface area (Å²) in [6, 6.07) is 12.0. The minimum absolute atomic E-state index is 0.0974. The molecule has 0 saturated heterocycles. The Morgan fingerprint density at radius 3 is 2.25 bits per heavy atom. The smallest absolute Gasteiger partial charge is 0.137 e. The van der Waals surface area contributed by atoms with E-state index in [1.54, 1.807) is 7.11 Å². The maximum absolute atomic E-state index is 6.06. The molecule has 2 aromatic carbocycles. The first kappa shape index (κ1) is 14.9. The molecule has 0 fully saturated rings. The molecule has 3 N–H and O–H groups in total. The molecule has 0 bridgehead atoms. The zero-order valence-corrected chi connectivity index (χ0v) is 12.7. The lowest BCUT2D eigenvalue weighted by molar-refractivity contribution is 0.414. The molecule has 0 amide bonds. The van der Waals surface area contributed by atoms with E-state index in [1.165, 1.54) is 11.1 Å². The second-order valence-corrected chi connectivity index (χ2v) is 5.32. The van der Waals surface area contributed by atoms with Crippen LogP contribution in [0.2, 0.25) is 5.02 Å². The fourth-order valence-corrected chi connectivity index (χ4v) is 2.61. The zero-order valence-electron chi connectivity index (χ0n) is 11.9. The van der Waals surface area contributed by atoms with E-state index in [0.29, 0.717) is 10.8 Å². The molecule has 0 aliphatic rings. The first-order valence-corrected chi connectivity index (χ1v) is 6.80. The van der Waals surface area contributed by atoms with E-state index in [9.17, 15) is 0 Å². The largest absolute Gasteiger partial charge is 0.495 e. The van der Waals surface area contributed by atoms with Gasteiger partial charge in [-0.1, -0.05) is 47.0 Å². The minimum Gasteiger partial charge on any atom is -0.495 e. The highest BCUT2D eigenvalue weighted by atomic mass is 35.5. The van der Waals surface area contributed by atoms with Crippen LogP contribution in [0.3, 0.4) is 0 Å². The van der Waals surface area contributed by atoms with Crippen molar-refractivity contribution in [2.24, 2.45) is 5.84 Å². The quantitative estimate of drug-likeness (QED) is 0.669. The van der Waals surface area contributed by atoms with Crippen molar-refractivity contribution in [3.8, 4) is 5.75 Å². The molecule has 3 nitrogen and oxygen atoms in total. The Bertz CT molecular complexity index is 593. The van der Waals surface area contributed by atoms with Crippen LogP contribution in [-0.4, -0.2) is 7.11 Å². The summed E-state index contributed by atoms with van der Waals surface area (Å²) in [6.07, 6.45) is 0. The number of ether oxygens (including phenoxy) is 1. The zero-order chi connectivity index (χ0) is 14.7. The summed E-state index contributed by atoms with van der Waals surface area (Å²) in [6.45, 7) is 4.15. The van der Waals surface area contributed by atoms with Gasteiger partial charge in [0, 0.05) is 0 Å². The molecule has 0 heterocycles. The van der Waals surface area contributed by atoms with Gasteiger partial charge in [0.05, 0.1) is 18.2 Å². The van der Waals surface area contributed by atoms with Crippen molar-refractivity contribution in [1.82, 2.24) is 5.43 Å². The molecule has 1 unspecified atom stereocenters. The molecule has 0 aromatic heterocycles. The number of benzene rings is 2. The molecule has 0 spiro atoms. The molecule has 2 rings (SSSR count). The number of hydrogen-bond acceptors (Lipinski definition) is 3. The van der Waals surface area contributed by atoms with Gasteiger partial charge in [0.2, 0.25) is 0 Å². The van der Waals surface area contributed by atoms with Crippen molar-refractivity contribution in [2.75, 3.05) is 7.11 Å². The summed E-state index contributed by atoms with van der Waals surface area (Å²) in [5.74, 6) is 6.39. The third-order valence-corrected chi connectivity index (χ3v) is 3.56. The first-order valence-electron chi connectivity index (χ1n) is 6.43. The fourth-order valence-electron chi connectivity index (χ4n) is 2.42. The lowest BCUT2D eigenvalue weighted by Gasteiger charge is -2.19. The number of aryl methyl sites for hydroxylation is 2. The van der Waals surface area contributed by atoms with Crippen LogP contribution in [0.1, 0.15) is 28.3 Å². The number of halogens is 1. The van der Waals surface area contributed by atoms with E-state index in [2.05, 4.69) is 37.5 Å². The molecular weight excluding hydrogens is 272 g/mol. The van der Waals surface area contributed by atoms with Gasteiger partial charge in [-0.05, 0) is 37.1 Å². The third-order valence-electron chi connectivity index (χ3n) is 3.25. The maximum Gasteiger partial charge on any atom is 0.137 e. The van der Waals surface area contributed by atoms with Crippen LogP contribution in [0.4, 0.5) is 0 Å². The van der Waals surface area contributed by atoms with E-state index < -0.39 is 0 Å². The molecule has 1 atom stereocenters. The molecule has 106 valence electrons. The predicted octanol–water partition coefficient (Wildman–Crippen LogP) is 3.52. The van der Waals surface area contributed by atoms with Crippen LogP contribution in [0.15, 0.2) is 36.4 Å². The van der Waals surface area contributed by atoms with Crippen LogP contribution < -0.4 is 16.0 Å². The van der Waals surface area contributed by atoms with Gasteiger partial charge < -0.3 is 4.74 Å². The molecular formula is C16H19ClN2O. The van der Waals surface area contributed by atoms with Crippen molar-refractivity contribution in [1.29, 1.82) is 0 Å². The topological polar surface area (TPSA) is 47.3 Å². The van der Waals surface area contributed by atoms with Gasteiger partial charge in [-0.25, -0.2) is 5.43 Å². The maximum atomic E-state index is 6.06. The van der Waals surface area contributed by atoms with E-state index in [-0.39, 0.29) is 6.04 Å². The molecule has 20 heavy (non-hydrogen) atoms. The molecule has 4 heteroatoms. The number of hydrogen-bond donors (Lipinski definition) is 2. The summed E-state index contributed by atoms with van der Waals surface area (Å²) >= 11 is 6.06. The van der Waals surface area contributed by atoms with Gasteiger partial charge in [0.25, 0.3) is 0 Å². The third kappa shape index (κ3) is 3.12. The predicted molar refractivity (Wildman–Crippen MR) is 83.1 cm³/mol. The van der Waals surface area contributed by atoms with Crippen molar-refractivity contribution >= 4 is 11.6 Å². The summed E-state index contributed by atoms with van der Waals surface area (Å²) in [7, 11) is 1.60. The van der Waals surface area contributed by atoms with Gasteiger partial charge >= 0.3 is 0 Å². The highest BCUT2D eigenvalue weighted by Crippen LogP contribution is 2.30. The fraction of sp³-hybridized carbons (Fsp3) is 0.250. The molecule has 0 aliphatic heterocycles. The second-order valence-electron chi connectivity index (χ2n) is 4.91. The van der Waals surface area contributed by atoms with Crippen molar-refractivity contribution in [3.05, 3.63) is 63.7 Å². The van der Waals surface area contributed by atoms with E-state index in [4.69, 9.17) is 22.2 Å². The Hall–Kier alpha value is -1.55. The highest BCUT2D eigenvalue weighted by molar-refractivity contribution is 6.32. The number of methoxy groups -OCH3 is 1. The van der Waals surface area contributed by atoms with Gasteiger partial charge in [0.1, 0.15) is 5.75 Å². The average Bonchev–Trinajstić information content (AvgIpc) is 2.40. The van der Waals surface area contributed by atoms with Gasteiger partial charge in [-0.15, -0.1) is 0 Å². The van der Waals surface area contributed by atoms with Crippen LogP contribution in [0, 0.1) is 13.8 Å². The normalized spacial score (nSPS) is 12.2. The number of nitrogens with one attached hydrogen (secondary N) is 1. The molecule has 0 aliphatic carbocycles. The average molecular weight is 291 g/mol. The Morgan fingerprint density at radius 2 is 1.70 bits per heavy atom. The minimum atomic E-state index is -0.0974. The first-order chi connectivity index (χ1) is 9.55. The van der Waals surface area contributed by atoms with E-state index in [1.807, 2.05) is 18.2 Å². The van der Waals surface area contributed by atoms with Crippen LogP contribution in [-0.2, 0) is 0 Å². The number of rotatable bonds is 4. The van der Waals surface area contributed by atoms with Gasteiger partial charge in [0.15, 0.2) is 0 Å². The van der Waals surface area contributed by atoms with Crippen molar-refractivity contribution in [2.45, 2.75) is 19.9 Å². The van der Waals surface area contributed by atoms with E-state index >= 15 is 0 Å². The number of hydrazine groups is 1. The molecule has 0 radical (unpaired) electrons. The van der Waals surface area contributed by atoms with Crippen LogP contribution in [0.25, 0.3) is 0 Å². The standard InChI is InChI=1S/C16H19ClN2O/c1-10-6-11(2)8-13(7-10)16(19-18)12-4-5-14(17)15(9-12)20-3/h4-9,16,19H,18H2,1-3H3. The van der Waals surface area contributed by atoms with Crippen LogP contribution in [0.5, 0.6) is 5.75 Å². The van der Waals surface area contributed by atoms with E-state index in [0.717, 1.165) is 11.1 Å². The highest BCUT2D eigenvalue weighted by Gasteiger charge is 2.15. The Labute approximate surface area is 124 Å². The monoisotopic (exact) mass is 290 g/mol. The summed E-state index contributed by atoms with van der Waals surface area (Å²) < 4.78 is 5.26. The van der Waals surface area contributed by atoms with Crippen LogP contribution >= 0.6 is 11.6 Å². The molecule has 0 saturated carbocycles.